The number of amides is 3. The molecule has 0 unspecified atom stereocenters. The van der Waals surface area contributed by atoms with Crippen LogP contribution in [0.3, 0.4) is 0 Å². The number of hydrogen-bond donors (Lipinski definition) is 2. The van der Waals surface area contributed by atoms with E-state index in [0.29, 0.717) is 12.8 Å². The number of benzene rings is 3. The van der Waals surface area contributed by atoms with E-state index < -0.39 is 0 Å². The summed E-state index contributed by atoms with van der Waals surface area (Å²) < 4.78 is 0. The van der Waals surface area contributed by atoms with Crippen LogP contribution in [-0.4, -0.2) is 18.5 Å². The third-order valence-corrected chi connectivity index (χ3v) is 5.53. The van der Waals surface area contributed by atoms with Crippen LogP contribution in [0.2, 0.25) is 0 Å². The number of nitrogens with one attached hydrogen (secondary N) is 2. The van der Waals surface area contributed by atoms with Gasteiger partial charge < -0.3 is 15.5 Å². The lowest BCUT2D eigenvalue weighted by atomic mass is 9.99. The molecule has 0 aliphatic carbocycles. The molecule has 1 aliphatic rings. The average molecular weight is 414 g/mol. The number of carbonyl (C=O) groups excluding carboxylic acids is 2. The lowest BCUT2D eigenvalue weighted by Gasteiger charge is -2.29. The van der Waals surface area contributed by atoms with E-state index in [-0.39, 0.29) is 18.0 Å². The van der Waals surface area contributed by atoms with Crippen LogP contribution in [0.5, 0.6) is 0 Å². The van der Waals surface area contributed by atoms with Crippen molar-refractivity contribution < 1.29 is 9.59 Å². The Morgan fingerprint density at radius 1 is 0.935 bits per heavy atom. The van der Waals surface area contributed by atoms with E-state index in [1.165, 1.54) is 0 Å². The summed E-state index contributed by atoms with van der Waals surface area (Å²) in [6.07, 6.45) is 2.11. The molecule has 0 saturated heterocycles. The molecule has 2 N–H and O–H groups in total. The molecule has 158 valence electrons. The first-order chi connectivity index (χ1) is 15.2. The molecule has 31 heavy (non-hydrogen) atoms. The zero-order valence-electron chi connectivity index (χ0n) is 17.7. The molecule has 3 aromatic carbocycles. The quantitative estimate of drug-likeness (QED) is 0.577. The van der Waals surface area contributed by atoms with Crippen molar-refractivity contribution in [3.63, 3.8) is 0 Å². The first kappa shape index (κ1) is 20.7. The van der Waals surface area contributed by atoms with Gasteiger partial charge in [-0.2, -0.15) is 0 Å². The largest absolute Gasteiger partial charge is 0.327 e. The number of aryl methyl sites for hydroxylation is 1. The van der Waals surface area contributed by atoms with E-state index >= 15 is 0 Å². The number of fused-ring (bicyclic) bond motifs is 1. The van der Waals surface area contributed by atoms with Crippen molar-refractivity contribution in [2.24, 2.45) is 0 Å². The second-order valence-electron chi connectivity index (χ2n) is 7.74. The van der Waals surface area contributed by atoms with Crippen molar-refractivity contribution in [1.29, 1.82) is 0 Å². The molecular weight excluding hydrogens is 386 g/mol. The molecule has 0 radical (unpaired) electrons. The summed E-state index contributed by atoms with van der Waals surface area (Å²) in [5.74, 6) is 0.168. The third-order valence-electron chi connectivity index (χ3n) is 5.53. The fourth-order valence-electron chi connectivity index (χ4n) is 4.05. The van der Waals surface area contributed by atoms with Crippen LogP contribution < -0.4 is 15.5 Å². The van der Waals surface area contributed by atoms with Crippen molar-refractivity contribution in [3.8, 4) is 0 Å². The maximum Gasteiger partial charge on any atom is 0.319 e. The second-order valence-corrected chi connectivity index (χ2v) is 7.74. The Kier molecular flexibility index (Phi) is 6.32. The highest BCUT2D eigenvalue weighted by molar-refractivity contribution is 5.97. The van der Waals surface area contributed by atoms with Crippen LogP contribution in [0.4, 0.5) is 16.2 Å². The smallest absolute Gasteiger partial charge is 0.319 e. The number of hydrogen-bond acceptors (Lipinski definition) is 2. The summed E-state index contributed by atoms with van der Waals surface area (Å²) in [5, 5.41) is 6.07. The lowest BCUT2D eigenvalue weighted by Crippen LogP contribution is -2.36. The second kappa shape index (κ2) is 9.47. The minimum Gasteiger partial charge on any atom is -0.327 e. The standard InChI is InChI=1S/C26H27N3O2/c1-2-17-29-23-15-14-22(18-21(23)13-16-24(29)30)27-26(31)28-25(19-9-5-3-6-10-19)20-11-7-4-8-12-20/h3-12,14-15,18,25H,2,13,16-17H2,1H3,(H2,27,28,31). The minimum atomic E-state index is -0.269. The normalized spacial score (nSPS) is 13.1. The maximum atomic E-state index is 12.9. The van der Waals surface area contributed by atoms with Crippen LogP contribution in [0, 0.1) is 0 Å². The van der Waals surface area contributed by atoms with E-state index in [2.05, 4.69) is 17.6 Å². The van der Waals surface area contributed by atoms with Gasteiger partial charge in [-0.3, -0.25) is 4.79 Å². The number of nitrogens with zero attached hydrogens (tertiary/aromatic N) is 1. The zero-order valence-corrected chi connectivity index (χ0v) is 17.7. The Hall–Kier alpha value is -3.60. The minimum absolute atomic E-state index is 0.168. The molecular formula is C26H27N3O2. The number of anilines is 2. The van der Waals surface area contributed by atoms with Gasteiger partial charge in [0.1, 0.15) is 0 Å². The van der Waals surface area contributed by atoms with E-state index in [0.717, 1.165) is 41.0 Å². The van der Waals surface area contributed by atoms with Crippen LogP contribution in [0.1, 0.15) is 42.5 Å². The van der Waals surface area contributed by atoms with E-state index in [4.69, 9.17) is 0 Å². The van der Waals surface area contributed by atoms with Gasteiger partial charge in [0.05, 0.1) is 6.04 Å². The van der Waals surface area contributed by atoms with Gasteiger partial charge in [0.2, 0.25) is 5.91 Å². The number of urea groups is 1. The molecule has 5 nitrogen and oxygen atoms in total. The molecule has 3 aromatic rings. The van der Waals surface area contributed by atoms with Crippen LogP contribution in [0.15, 0.2) is 78.9 Å². The van der Waals surface area contributed by atoms with Crippen molar-refractivity contribution in [1.82, 2.24) is 5.32 Å². The Morgan fingerprint density at radius 2 is 1.58 bits per heavy atom. The van der Waals surface area contributed by atoms with Crippen LogP contribution in [-0.2, 0) is 11.2 Å². The fourth-order valence-corrected chi connectivity index (χ4v) is 4.05. The molecule has 0 saturated carbocycles. The first-order valence-corrected chi connectivity index (χ1v) is 10.8. The molecule has 1 aliphatic heterocycles. The fraction of sp³-hybridized carbons (Fsp3) is 0.231. The number of carbonyl (C=O) groups is 2. The monoisotopic (exact) mass is 413 g/mol. The maximum absolute atomic E-state index is 12.9. The Balaban J connectivity index is 1.52. The van der Waals surface area contributed by atoms with Gasteiger partial charge in [-0.05, 0) is 47.7 Å². The molecule has 0 aromatic heterocycles. The van der Waals surface area contributed by atoms with Crippen LogP contribution >= 0.6 is 0 Å². The highest BCUT2D eigenvalue weighted by Gasteiger charge is 2.24. The molecule has 0 fully saturated rings. The van der Waals surface area contributed by atoms with Crippen molar-refractivity contribution >= 4 is 23.3 Å². The summed E-state index contributed by atoms with van der Waals surface area (Å²) in [6, 6.07) is 25.1. The molecule has 3 amide bonds. The van der Waals surface area contributed by atoms with Gasteiger partial charge in [0.15, 0.2) is 0 Å². The summed E-state index contributed by atoms with van der Waals surface area (Å²) in [6.45, 7) is 2.78. The summed E-state index contributed by atoms with van der Waals surface area (Å²) in [4.78, 5) is 27.0. The lowest BCUT2D eigenvalue weighted by molar-refractivity contribution is -0.118. The molecule has 0 atom stereocenters. The Morgan fingerprint density at radius 3 is 2.19 bits per heavy atom. The van der Waals surface area contributed by atoms with E-state index in [9.17, 15) is 9.59 Å². The van der Waals surface area contributed by atoms with Gasteiger partial charge in [-0.1, -0.05) is 67.6 Å². The summed E-state index contributed by atoms with van der Waals surface area (Å²) in [5.41, 5.74) is 4.80. The summed E-state index contributed by atoms with van der Waals surface area (Å²) in [7, 11) is 0. The van der Waals surface area contributed by atoms with Crippen molar-refractivity contribution in [2.75, 3.05) is 16.8 Å². The topological polar surface area (TPSA) is 61.4 Å². The van der Waals surface area contributed by atoms with Crippen molar-refractivity contribution in [2.45, 2.75) is 32.2 Å². The van der Waals surface area contributed by atoms with E-state index in [1.807, 2.05) is 83.8 Å². The molecule has 0 bridgehead atoms. The van der Waals surface area contributed by atoms with Gasteiger partial charge in [-0.25, -0.2) is 4.79 Å². The predicted molar refractivity (Wildman–Crippen MR) is 124 cm³/mol. The van der Waals surface area contributed by atoms with Gasteiger partial charge >= 0.3 is 6.03 Å². The predicted octanol–water partition coefficient (Wildman–Crippen LogP) is 5.29. The van der Waals surface area contributed by atoms with Crippen molar-refractivity contribution in [3.05, 3.63) is 95.6 Å². The number of rotatable bonds is 6. The molecule has 0 spiro atoms. The Bertz CT molecular complexity index is 1010. The highest BCUT2D eigenvalue weighted by Crippen LogP contribution is 2.30. The first-order valence-electron chi connectivity index (χ1n) is 10.8. The molecule has 1 heterocycles. The molecule has 4 rings (SSSR count). The SMILES string of the molecule is CCCN1C(=O)CCc2cc(NC(=O)NC(c3ccccc3)c3ccccc3)ccc21. The van der Waals surface area contributed by atoms with Gasteiger partial charge in [0, 0.05) is 24.3 Å². The van der Waals surface area contributed by atoms with E-state index in [1.54, 1.807) is 0 Å². The Labute approximate surface area is 183 Å². The van der Waals surface area contributed by atoms with Gasteiger partial charge in [0.25, 0.3) is 0 Å². The van der Waals surface area contributed by atoms with Crippen LogP contribution in [0.25, 0.3) is 0 Å². The average Bonchev–Trinajstić information content (AvgIpc) is 2.80. The zero-order chi connectivity index (χ0) is 21.6. The van der Waals surface area contributed by atoms with Gasteiger partial charge in [-0.15, -0.1) is 0 Å². The molecule has 5 heteroatoms. The third kappa shape index (κ3) is 4.77. The highest BCUT2D eigenvalue weighted by atomic mass is 16.2. The summed E-state index contributed by atoms with van der Waals surface area (Å²) >= 11 is 0.